The van der Waals surface area contributed by atoms with Crippen LogP contribution in [0.15, 0.2) is 12.1 Å². The van der Waals surface area contributed by atoms with Crippen LogP contribution in [0.25, 0.3) is 0 Å². The number of alkyl halides is 3. The third kappa shape index (κ3) is 5.39. The van der Waals surface area contributed by atoms with Crippen LogP contribution in [-0.4, -0.2) is 44.2 Å². The summed E-state index contributed by atoms with van der Waals surface area (Å²) < 4.78 is 62.6. The molecule has 38 heavy (non-hydrogen) atoms. The highest BCUT2D eigenvalue weighted by Gasteiger charge is 2.43. The molecule has 1 atom stereocenters. The van der Waals surface area contributed by atoms with E-state index in [-0.39, 0.29) is 49.9 Å². The van der Waals surface area contributed by atoms with Gasteiger partial charge in [-0.15, -0.1) is 0 Å². The van der Waals surface area contributed by atoms with E-state index in [2.05, 4.69) is 0 Å². The van der Waals surface area contributed by atoms with Crippen LogP contribution in [0.3, 0.4) is 0 Å². The molecule has 208 valence electrons. The van der Waals surface area contributed by atoms with Crippen LogP contribution < -0.4 is 14.2 Å². The van der Waals surface area contributed by atoms with E-state index in [1.54, 1.807) is 0 Å². The smallest absolute Gasteiger partial charge is 0.346 e. The number of rotatable bonds is 9. The fourth-order valence-electron chi connectivity index (χ4n) is 3.86. The van der Waals surface area contributed by atoms with Crippen LogP contribution in [0.4, 0.5) is 13.2 Å². The number of ether oxygens (including phenoxy) is 4. The molecule has 1 aliphatic heterocycles. The summed E-state index contributed by atoms with van der Waals surface area (Å²) in [6.45, 7) is -0.160. The second-order valence-corrected chi connectivity index (χ2v) is 10.1. The lowest BCUT2D eigenvalue weighted by molar-refractivity contribution is -0.149. The summed E-state index contributed by atoms with van der Waals surface area (Å²) in [6, 6.07) is 2.86. The maximum atomic E-state index is 13.5. The Bertz CT molecular complexity index is 1220. The Morgan fingerprint density at radius 2 is 1.76 bits per heavy atom. The number of carbonyl (C=O) groups excluding carboxylic acids is 2. The van der Waals surface area contributed by atoms with E-state index in [9.17, 15) is 27.9 Å². The molecule has 0 bridgehead atoms. The number of aliphatic hydroxyl groups is 1. The minimum atomic E-state index is -2.69. The Hall–Kier alpha value is -2.69. The van der Waals surface area contributed by atoms with Gasteiger partial charge in [0.05, 0.1) is 28.8 Å². The molecule has 12 heteroatoms. The van der Waals surface area contributed by atoms with Gasteiger partial charge < -0.3 is 24.1 Å². The molecule has 2 aromatic rings. The molecule has 0 saturated carbocycles. The Kier molecular flexibility index (Phi) is 9.43. The molecule has 7 nitrogen and oxygen atoms in total. The van der Waals surface area contributed by atoms with E-state index in [4.69, 9.17) is 42.1 Å². The first-order valence-electron chi connectivity index (χ1n) is 11.6. The summed E-state index contributed by atoms with van der Waals surface area (Å²) in [5, 5.41) is 10.5. The summed E-state index contributed by atoms with van der Waals surface area (Å²) in [6.07, 6.45) is -0.600. The number of cyclic esters (lactones) is 1. The van der Waals surface area contributed by atoms with Gasteiger partial charge in [0.2, 0.25) is 0 Å². The van der Waals surface area contributed by atoms with Gasteiger partial charge in [0.15, 0.2) is 16.9 Å². The quantitative estimate of drug-likeness (QED) is 0.263. The van der Waals surface area contributed by atoms with Crippen molar-refractivity contribution in [1.82, 2.24) is 0 Å². The SMILES string of the molecule is COc1c([C@@H](O)CC(C)C)ccc2c1C(=O)OCc1c(Cl)c(C)c(Cl)c(OC(=O)C(CF)(CF)CF)c1O2. The molecule has 0 unspecified atom stereocenters. The zero-order valence-electron chi connectivity index (χ0n) is 21.1. The van der Waals surface area contributed by atoms with Gasteiger partial charge >= 0.3 is 11.9 Å². The lowest BCUT2D eigenvalue weighted by atomic mass is 9.93. The van der Waals surface area contributed by atoms with Gasteiger partial charge in [-0.05, 0) is 37.0 Å². The van der Waals surface area contributed by atoms with Crippen LogP contribution >= 0.6 is 23.2 Å². The zero-order chi connectivity index (χ0) is 28.4. The van der Waals surface area contributed by atoms with E-state index in [1.165, 1.54) is 26.2 Å². The standard InChI is InChI=1S/C26H27Cl2F3O7/c1-12(2)7-16(32)14-5-6-17-18(21(14)35-4)24(33)36-8-15-19(27)13(3)20(28)23(22(15)37-17)38-25(34)26(9-29,10-30)11-31/h5-6,12,16,32H,7-11H2,1-4H3/t16-/m0/s1. The molecule has 0 fully saturated rings. The normalized spacial score (nSPS) is 14.0. The molecular weight excluding hydrogens is 552 g/mol. The zero-order valence-corrected chi connectivity index (χ0v) is 22.6. The molecule has 2 aromatic carbocycles. The number of halogens is 5. The minimum Gasteiger partial charge on any atom is -0.495 e. The van der Waals surface area contributed by atoms with Crippen molar-refractivity contribution in [3.8, 4) is 23.0 Å². The number of fused-ring (bicyclic) bond motifs is 2. The molecule has 0 spiro atoms. The van der Waals surface area contributed by atoms with Crippen LogP contribution in [-0.2, 0) is 16.1 Å². The number of methoxy groups -OCH3 is 1. The molecule has 0 aliphatic carbocycles. The number of benzene rings is 2. The van der Waals surface area contributed by atoms with Crippen molar-refractivity contribution in [3.05, 3.63) is 44.4 Å². The van der Waals surface area contributed by atoms with Crippen molar-refractivity contribution in [2.45, 2.75) is 39.9 Å². The van der Waals surface area contributed by atoms with E-state index in [1.807, 2.05) is 13.8 Å². The van der Waals surface area contributed by atoms with E-state index < -0.39 is 55.8 Å². The van der Waals surface area contributed by atoms with Crippen LogP contribution in [0, 0.1) is 18.3 Å². The topological polar surface area (TPSA) is 91.3 Å². The number of aliphatic hydroxyl groups excluding tert-OH is 1. The van der Waals surface area contributed by atoms with Crippen molar-refractivity contribution in [2.24, 2.45) is 11.3 Å². The summed E-state index contributed by atoms with van der Waals surface area (Å²) in [5.74, 6) is -3.18. The van der Waals surface area contributed by atoms with Crippen LogP contribution in [0.5, 0.6) is 23.0 Å². The fourth-order valence-corrected chi connectivity index (χ4v) is 4.37. The monoisotopic (exact) mass is 578 g/mol. The minimum absolute atomic E-state index is 0.00162. The van der Waals surface area contributed by atoms with Gasteiger partial charge in [-0.3, -0.25) is 4.79 Å². The molecule has 1 aliphatic rings. The highest BCUT2D eigenvalue weighted by Crippen LogP contribution is 2.50. The third-order valence-corrected chi connectivity index (χ3v) is 7.14. The molecular formula is C26H27Cl2F3O7. The van der Waals surface area contributed by atoms with Gasteiger partial charge in [0.1, 0.15) is 43.7 Å². The molecule has 0 saturated heterocycles. The maximum Gasteiger partial charge on any atom is 0.346 e. The average Bonchev–Trinajstić information content (AvgIpc) is 2.88. The highest BCUT2D eigenvalue weighted by molar-refractivity contribution is 6.38. The molecule has 0 radical (unpaired) electrons. The molecule has 0 amide bonds. The van der Waals surface area contributed by atoms with Crippen molar-refractivity contribution in [1.29, 1.82) is 0 Å². The Labute approximate surface area is 227 Å². The molecule has 1 N–H and O–H groups in total. The number of hydrogen-bond donors (Lipinski definition) is 1. The Morgan fingerprint density at radius 1 is 1.13 bits per heavy atom. The number of carbonyl (C=O) groups is 2. The number of hydrogen-bond acceptors (Lipinski definition) is 7. The van der Waals surface area contributed by atoms with Gasteiger partial charge in [-0.2, -0.15) is 0 Å². The first-order chi connectivity index (χ1) is 18.0. The average molecular weight is 579 g/mol. The fraction of sp³-hybridized carbons (Fsp3) is 0.462. The van der Waals surface area contributed by atoms with Crippen molar-refractivity contribution in [3.63, 3.8) is 0 Å². The second kappa shape index (κ2) is 12.0. The van der Waals surface area contributed by atoms with Crippen molar-refractivity contribution < 1.29 is 46.8 Å². The second-order valence-electron chi connectivity index (χ2n) is 9.35. The summed E-state index contributed by atoms with van der Waals surface area (Å²) in [5.41, 5.74) is -2.32. The van der Waals surface area contributed by atoms with Crippen molar-refractivity contribution in [2.75, 3.05) is 27.1 Å². The Morgan fingerprint density at radius 3 is 2.32 bits per heavy atom. The van der Waals surface area contributed by atoms with E-state index in [0.717, 1.165) is 0 Å². The van der Waals surface area contributed by atoms with Gasteiger partial charge in [-0.1, -0.05) is 37.0 Å². The lowest BCUT2D eigenvalue weighted by Crippen LogP contribution is -2.41. The number of esters is 2. The highest BCUT2D eigenvalue weighted by atomic mass is 35.5. The first-order valence-corrected chi connectivity index (χ1v) is 12.4. The lowest BCUT2D eigenvalue weighted by Gasteiger charge is -2.27. The molecule has 3 rings (SSSR count). The van der Waals surface area contributed by atoms with Crippen LogP contribution in [0.2, 0.25) is 10.0 Å². The predicted molar refractivity (Wildman–Crippen MR) is 134 cm³/mol. The summed E-state index contributed by atoms with van der Waals surface area (Å²) >= 11 is 12.8. The van der Waals surface area contributed by atoms with Crippen LogP contribution in [0.1, 0.15) is 53.4 Å². The summed E-state index contributed by atoms with van der Waals surface area (Å²) in [4.78, 5) is 25.8. The van der Waals surface area contributed by atoms with E-state index >= 15 is 0 Å². The molecule has 1 heterocycles. The predicted octanol–water partition coefficient (Wildman–Crippen LogP) is 6.65. The Balaban J connectivity index is 2.22. The van der Waals surface area contributed by atoms with Gasteiger partial charge in [-0.25, -0.2) is 18.0 Å². The summed E-state index contributed by atoms with van der Waals surface area (Å²) in [7, 11) is 1.30. The van der Waals surface area contributed by atoms with Gasteiger partial charge in [0.25, 0.3) is 0 Å². The van der Waals surface area contributed by atoms with Crippen molar-refractivity contribution >= 4 is 35.1 Å². The maximum absolute atomic E-state index is 13.5. The molecule has 0 aromatic heterocycles. The third-order valence-electron chi connectivity index (χ3n) is 6.17. The largest absolute Gasteiger partial charge is 0.495 e. The first kappa shape index (κ1) is 29.9. The van der Waals surface area contributed by atoms with Gasteiger partial charge in [0, 0.05) is 5.56 Å². The van der Waals surface area contributed by atoms with E-state index in [0.29, 0.717) is 12.0 Å².